The molecule has 0 aliphatic carbocycles. The number of anilines is 1. The van der Waals surface area contributed by atoms with E-state index in [1.165, 1.54) is 33.0 Å². The molecule has 6 rings (SSSR count). The number of carbonyl (C=O) groups is 12. The molecule has 16 N–H and O–H groups in total. The molecule has 0 radical (unpaired) electrons. The minimum Gasteiger partial charge on any atom is -0.508 e. The molecule has 0 bridgehead atoms. The molecule has 0 saturated carbocycles. The summed E-state index contributed by atoms with van der Waals surface area (Å²) in [4.78, 5) is 162. The van der Waals surface area contributed by atoms with Gasteiger partial charge < -0.3 is 73.5 Å². The number of fused-ring (bicyclic) bond motifs is 1. The van der Waals surface area contributed by atoms with E-state index in [2.05, 4.69) is 58.4 Å². The average molecular weight is 1370 g/mol. The zero-order valence-electron chi connectivity index (χ0n) is 52.7. The number of rotatable bonds is 31. The van der Waals surface area contributed by atoms with Crippen molar-refractivity contribution in [2.45, 2.75) is 114 Å². The van der Waals surface area contributed by atoms with Crippen molar-refractivity contribution < 1.29 is 86.0 Å². The Bertz CT molecular complexity index is 3720. The standard InChI is InChI=1S/C63H74ClN13O13.C2HF3O2/c1-37(69-57(84)46(65)30-41-25-27-43(79)28-26-41)56(83)68-36-54(80)71-50(31-39-16-6-4-7-17-39)60(87)75-76-61(88)53(32-40-18-8-5-9-19-40)77(3)62(89)52(34-55(81)82)73-58(85)49(24-14-15-29-66-63(90)74-48-23-13-11-21-45(48)64)72-59(86)51(70-38(2)78)33-42-35-67-47-22-12-10-20-44(42)47;3-2(4,5)1(6)7/h4-13,16-23,25-28,35,37,46,49-53,67,79H,14-15,24,29-34,36,65H2,1-3H3,(H,68,83)(H,69,84)(H,70,78)(H,71,80)(H,72,86)(H,73,85)(H,75,87)(H,76,88)(H,81,82)(H2,66,74,90);(H,6,7)/t37-,46+,49-,50+,51+,52+,53+;/m1./s1. The number of hydrogen-bond donors (Lipinski definition) is 15. The number of aromatic nitrogens is 1. The van der Waals surface area contributed by atoms with Crippen LogP contribution in [0, 0.1) is 0 Å². The number of nitrogens with two attached hydrogens (primary N) is 1. The Morgan fingerprint density at radius 1 is 0.598 bits per heavy atom. The number of unbranched alkanes of at least 4 members (excludes halogenated alkanes) is 1. The summed E-state index contributed by atoms with van der Waals surface area (Å²) in [5.41, 5.74) is 14.3. The number of aliphatic carboxylic acids is 2. The van der Waals surface area contributed by atoms with Crippen LogP contribution in [-0.4, -0.2) is 165 Å². The Kier molecular flexibility index (Phi) is 29.8. The maximum Gasteiger partial charge on any atom is 0.490 e. The molecular weight excluding hydrogens is 1300 g/mol. The van der Waals surface area contributed by atoms with Gasteiger partial charge in [0.1, 0.15) is 42.0 Å². The Morgan fingerprint density at radius 3 is 1.77 bits per heavy atom. The number of phenols is 1. The van der Waals surface area contributed by atoms with Crippen LogP contribution in [0.3, 0.4) is 0 Å². The second-order valence-corrected chi connectivity index (χ2v) is 22.5. The number of amides is 11. The number of likely N-dealkylation sites (N-methyl/N-ethyl adjacent to an activating group) is 1. The molecule has 6 aromatic rings. The normalized spacial score (nSPS) is 13.1. The van der Waals surface area contributed by atoms with Crippen molar-refractivity contribution >= 4 is 99.3 Å². The quantitative estimate of drug-likeness (QED) is 0.0220. The summed E-state index contributed by atoms with van der Waals surface area (Å²) in [7, 11) is 1.19. The van der Waals surface area contributed by atoms with Gasteiger partial charge in [0.15, 0.2) is 0 Å². The number of carboxylic acids is 2. The van der Waals surface area contributed by atoms with Crippen molar-refractivity contribution in [3.8, 4) is 5.75 Å². The maximum atomic E-state index is 14.7. The van der Waals surface area contributed by atoms with E-state index in [9.17, 15) is 76.1 Å². The molecule has 97 heavy (non-hydrogen) atoms. The number of nitrogens with zero attached hydrogens (tertiary/aromatic N) is 1. The highest BCUT2D eigenvalue weighted by Gasteiger charge is 2.39. The van der Waals surface area contributed by atoms with E-state index < -0.39 is 133 Å². The fraction of sp³-hybridized carbons (Fsp3) is 0.323. The van der Waals surface area contributed by atoms with Gasteiger partial charge in [0.25, 0.3) is 11.8 Å². The Labute approximate surface area is 558 Å². The third-order valence-corrected chi connectivity index (χ3v) is 14.9. The van der Waals surface area contributed by atoms with Gasteiger partial charge in [0, 0.05) is 56.9 Å². The monoisotopic (exact) mass is 1370 g/mol. The minimum absolute atomic E-state index is 0.0162. The Morgan fingerprint density at radius 2 is 1.15 bits per heavy atom. The summed E-state index contributed by atoms with van der Waals surface area (Å²) in [5.74, 6) is -11.8. The number of aromatic amines is 1. The number of phenolic OH excluding ortho intramolecular Hbond substituents is 1. The number of hydrazine groups is 1. The lowest BCUT2D eigenvalue weighted by atomic mass is 10.0. The number of carboxylic acid groups (broad SMARTS) is 2. The molecule has 1 heterocycles. The Hall–Kier alpha value is -11.1. The van der Waals surface area contributed by atoms with Crippen LogP contribution < -0.4 is 59.1 Å². The summed E-state index contributed by atoms with van der Waals surface area (Å²) in [6, 6.07) is 26.6. The van der Waals surface area contributed by atoms with Crippen LogP contribution in [0.25, 0.3) is 10.9 Å². The summed E-state index contributed by atoms with van der Waals surface area (Å²) in [6.45, 7) is 2.04. The largest absolute Gasteiger partial charge is 0.508 e. The lowest BCUT2D eigenvalue weighted by molar-refractivity contribution is -0.192. The highest BCUT2D eigenvalue weighted by atomic mass is 35.5. The molecule has 518 valence electrons. The van der Waals surface area contributed by atoms with E-state index in [0.29, 0.717) is 33.0 Å². The zero-order chi connectivity index (χ0) is 71.4. The number of H-pyrrole nitrogens is 1. The third kappa shape index (κ3) is 26.0. The van der Waals surface area contributed by atoms with Crippen LogP contribution >= 0.6 is 11.6 Å². The predicted molar refractivity (Wildman–Crippen MR) is 347 cm³/mol. The van der Waals surface area contributed by atoms with Crippen molar-refractivity contribution in [2.24, 2.45) is 5.73 Å². The summed E-state index contributed by atoms with van der Waals surface area (Å²) in [6.07, 6.45) is -4.32. The first-order valence-corrected chi connectivity index (χ1v) is 30.5. The predicted octanol–water partition coefficient (Wildman–Crippen LogP) is 2.78. The smallest absolute Gasteiger partial charge is 0.490 e. The molecule has 0 saturated heterocycles. The maximum absolute atomic E-state index is 14.7. The van der Waals surface area contributed by atoms with Gasteiger partial charge in [0.05, 0.1) is 29.7 Å². The molecule has 1 aromatic heterocycles. The van der Waals surface area contributed by atoms with Crippen molar-refractivity contribution in [2.75, 3.05) is 25.5 Å². The second kappa shape index (κ2) is 37.7. The molecule has 0 unspecified atom stereocenters. The fourth-order valence-electron chi connectivity index (χ4n) is 9.49. The van der Waals surface area contributed by atoms with Crippen LogP contribution in [0.2, 0.25) is 5.02 Å². The van der Waals surface area contributed by atoms with Crippen molar-refractivity contribution in [3.63, 3.8) is 0 Å². The van der Waals surface area contributed by atoms with Gasteiger partial charge in [0.2, 0.25) is 41.4 Å². The van der Waals surface area contributed by atoms with Crippen molar-refractivity contribution in [3.05, 3.63) is 167 Å². The molecule has 0 spiro atoms. The SMILES string of the molecule is CC(=O)N[C@@H](Cc1c[nH]c2ccccc12)C(=O)N[C@H](CCCCNC(=O)Nc1ccccc1Cl)C(=O)N[C@@H](CC(=O)O)C(=O)N(C)[C@@H](Cc1ccccc1)C(=O)NNC(=O)[C@H](Cc1ccccc1)NC(=O)CNC(=O)[C@@H](C)NC(=O)[C@@H](N)Cc1ccc(O)cc1.O=C(O)C(F)(F)F. The average Bonchev–Trinajstić information content (AvgIpc) is 1.83. The lowest BCUT2D eigenvalue weighted by Gasteiger charge is -2.31. The first-order valence-electron chi connectivity index (χ1n) is 30.1. The number of carbonyl (C=O) groups excluding carboxylic acids is 10. The van der Waals surface area contributed by atoms with Gasteiger partial charge in [-0.25, -0.2) is 9.59 Å². The fourth-order valence-corrected chi connectivity index (χ4v) is 9.68. The number of aromatic hydroxyl groups is 1. The van der Waals surface area contributed by atoms with E-state index in [4.69, 9.17) is 27.2 Å². The zero-order valence-corrected chi connectivity index (χ0v) is 53.4. The molecule has 28 nitrogen and oxygen atoms in total. The van der Waals surface area contributed by atoms with Crippen LogP contribution in [0.15, 0.2) is 140 Å². The number of benzene rings is 5. The third-order valence-electron chi connectivity index (χ3n) is 14.5. The highest BCUT2D eigenvalue weighted by Crippen LogP contribution is 2.22. The minimum atomic E-state index is -5.08. The Balaban J connectivity index is 0.00000230. The number of para-hydroxylation sites is 2. The van der Waals surface area contributed by atoms with Gasteiger partial charge in [-0.15, -0.1) is 0 Å². The van der Waals surface area contributed by atoms with Crippen LogP contribution in [0.4, 0.5) is 23.7 Å². The van der Waals surface area contributed by atoms with Crippen LogP contribution in [-0.2, 0) is 78.4 Å². The summed E-state index contributed by atoms with van der Waals surface area (Å²) < 4.78 is 31.7. The molecule has 11 amide bonds. The lowest BCUT2D eigenvalue weighted by Crippen LogP contribution is -2.61. The number of nitrogens with one attached hydrogen (secondary N) is 11. The van der Waals surface area contributed by atoms with Crippen molar-refractivity contribution in [1.29, 1.82) is 0 Å². The van der Waals surface area contributed by atoms with Gasteiger partial charge in [-0.2, -0.15) is 13.2 Å². The molecule has 5 aromatic carbocycles. The van der Waals surface area contributed by atoms with E-state index in [1.807, 2.05) is 18.2 Å². The van der Waals surface area contributed by atoms with Crippen LogP contribution in [0.1, 0.15) is 61.8 Å². The number of urea groups is 1. The van der Waals surface area contributed by atoms with Gasteiger partial charge in [-0.05, 0) is 85.2 Å². The van der Waals surface area contributed by atoms with Gasteiger partial charge >= 0.3 is 24.1 Å². The second-order valence-electron chi connectivity index (χ2n) is 22.1. The van der Waals surface area contributed by atoms with E-state index in [1.54, 1.807) is 109 Å². The van der Waals surface area contributed by atoms with Crippen LogP contribution in [0.5, 0.6) is 5.75 Å². The molecule has 32 heteroatoms. The van der Waals surface area contributed by atoms with E-state index >= 15 is 0 Å². The summed E-state index contributed by atoms with van der Waals surface area (Å²) >= 11 is 6.19. The van der Waals surface area contributed by atoms with Gasteiger partial charge in [-0.1, -0.05) is 115 Å². The summed E-state index contributed by atoms with van der Waals surface area (Å²) in [5, 5.41) is 48.5. The highest BCUT2D eigenvalue weighted by molar-refractivity contribution is 6.33. The first-order chi connectivity index (χ1) is 46.0. The first kappa shape index (κ1) is 76.6. The molecular formula is C65H75ClF3N13O15. The number of alkyl halides is 3. The molecule has 0 aliphatic rings. The molecule has 0 aliphatic heterocycles. The molecule has 0 fully saturated rings. The van der Waals surface area contributed by atoms with Crippen molar-refractivity contribution in [1.82, 2.24) is 58.0 Å². The molecule has 7 atom stereocenters. The number of hydrogen-bond acceptors (Lipinski definition) is 14. The topological polar surface area (TPSA) is 431 Å². The van der Waals surface area contributed by atoms with E-state index in [-0.39, 0.29) is 57.2 Å². The number of halogens is 4. The van der Waals surface area contributed by atoms with E-state index in [0.717, 1.165) is 15.8 Å². The van der Waals surface area contributed by atoms with Gasteiger partial charge in [-0.3, -0.25) is 58.8 Å².